The van der Waals surface area contributed by atoms with Crippen molar-refractivity contribution in [3.05, 3.63) is 166 Å². The van der Waals surface area contributed by atoms with Crippen molar-refractivity contribution in [2.75, 3.05) is 0 Å². The molecular weight excluding hydrogens is 679 g/mol. The second-order valence-corrected chi connectivity index (χ2v) is 13.7. The minimum absolute atomic E-state index is 0.772. The van der Waals surface area contributed by atoms with Gasteiger partial charge in [-0.15, -0.1) is 0 Å². The Balaban J connectivity index is 0.000000129. The van der Waals surface area contributed by atoms with Crippen LogP contribution in [0.3, 0.4) is 0 Å². The minimum atomic E-state index is 0.772. The third kappa shape index (κ3) is 4.57. The molecule has 0 saturated carbocycles. The van der Waals surface area contributed by atoms with Gasteiger partial charge in [0.25, 0.3) is 0 Å². The van der Waals surface area contributed by atoms with E-state index in [4.69, 9.17) is 23.2 Å². The summed E-state index contributed by atoms with van der Waals surface area (Å²) in [4.78, 5) is 0. The average molecular weight is 704 g/mol. The van der Waals surface area contributed by atoms with Crippen LogP contribution in [0.4, 0.5) is 0 Å². The zero-order valence-corrected chi connectivity index (χ0v) is 28.2. The van der Waals surface area contributed by atoms with Crippen LogP contribution >= 0.6 is 39.1 Å². The Morgan fingerprint density at radius 3 is 1.28 bits per heavy atom. The van der Waals surface area contributed by atoms with Crippen LogP contribution in [0.2, 0.25) is 10.0 Å². The normalized spacial score (nSPS) is 11.7. The molecule has 0 heterocycles. The first-order chi connectivity index (χ1) is 23.1. The summed E-state index contributed by atoms with van der Waals surface area (Å²) >= 11 is 16.4. The highest BCUT2D eigenvalue weighted by molar-refractivity contribution is 9.10. The van der Waals surface area contributed by atoms with Gasteiger partial charge in [-0.1, -0.05) is 160 Å². The second kappa shape index (κ2) is 11.2. The van der Waals surface area contributed by atoms with Crippen molar-refractivity contribution in [3.63, 3.8) is 0 Å². The SMILES string of the molecule is Clc1ccc2c(c1)c1ccccc1c1cc(Br)c3ccccc3c21.Clc1ccc2c(c1)c1ccccc1c1ccc3ccccc3c12. The Hall–Kier alpha value is -4.66. The Kier molecular flexibility index (Phi) is 6.83. The molecule has 0 N–H and O–H groups in total. The highest BCUT2D eigenvalue weighted by atomic mass is 79.9. The molecule has 0 aliphatic heterocycles. The predicted octanol–water partition coefficient (Wildman–Crippen LogP) is 14.7. The van der Waals surface area contributed by atoms with Gasteiger partial charge in [0, 0.05) is 14.5 Å². The van der Waals surface area contributed by atoms with Crippen molar-refractivity contribution in [2.45, 2.75) is 0 Å². The molecule has 0 spiro atoms. The van der Waals surface area contributed by atoms with Gasteiger partial charge in [-0.25, -0.2) is 0 Å². The van der Waals surface area contributed by atoms with Gasteiger partial charge < -0.3 is 0 Å². The van der Waals surface area contributed by atoms with E-state index < -0.39 is 0 Å². The highest BCUT2D eigenvalue weighted by Crippen LogP contribution is 2.42. The molecule has 10 rings (SSSR count). The molecule has 0 aromatic heterocycles. The van der Waals surface area contributed by atoms with Gasteiger partial charge in [-0.3, -0.25) is 0 Å². The number of halogens is 3. The van der Waals surface area contributed by atoms with E-state index in [0.717, 1.165) is 14.5 Å². The van der Waals surface area contributed by atoms with E-state index in [-0.39, 0.29) is 0 Å². The third-order valence-electron chi connectivity index (χ3n) is 9.44. The monoisotopic (exact) mass is 702 g/mol. The zero-order chi connectivity index (χ0) is 31.6. The molecule has 222 valence electrons. The summed E-state index contributed by atoms with van der Waals surface area (Å²) in [5.41, 5.74) is 0. The molecule has 0 radical (unpaired) electrons. The van der Waals surface area contributed by atoms with Crippen molar-refractivity contribution in [1.29, 1.82) is 0 Å². The van der Waals surface area contributed by atoms with Crippen molar-refractivity contribution in [2.24, 2.45) is 0 Å². The second-order valence-electron chi connectivity index (χ2n) is 12.0. The molecule has 10 aromatic rings. The molecule has 0 nitrogen and oxygen atoms in total. The molecule has 47 heavy (non-hydrogen) atoms. The summed E-state index contributed by atoms with van der Waals surface area (Å²) in [6.07, 6.45) is 0. The van der Waals surface area contributed by atoms with Gasteiger partial charge in [-0.2, -0.15) is 0 Å². The summed E-state index contributed by atoms with van der Waals surface area (Å²) in [7, 11) is 0. The molecule has 0 unspecified atom stereocenters. The lowest BCUT2D eigenvalue weighted by Gasteiger charge is -2.14. The number of benzene rings is 10. The van der Waals surface area contributed by atoms with Gasteiger partial charge in [0.1, 0.15) is 0 Å². The highest BCUT2D eigenvalue weighted by Gasteiger charge is 2.14. The van der Waals surface area contributed by atoms with Crippen molar-refractivity contribution >= 4 is 125 Å². The fourth-order valence-electron chi connectivity index (χ4n) is 7.44. The van der Waals surface area contributed by atoms with E-state index >= 15 is 0 Å². The largest absolute Gasteiger partial charge is 0.0843 e. The van der Waals surface area contributed by atoms with E-state index in [0.29, 0.717) is 0 Å². The van der Waals surface area contributed by atoms with Gasteiger partial charge >= 0.3 is 0 Å². The quantitative estimate of drug-likeness (QED) is 0.138. The van der Waals surface area contributed by atoms with Crippen LogP contribution in [0.15, 0.2) is 156 Å². The van der Waals surface area contributed by atoms with Crippen LogP contribution in [0.5, 0.6) is 0 Å². The lowest BCUT2D eigenvalue weighted by molar-refractivity contribution is 1.75. The Morgan fingerprint density at radius 1 is 0.298 bits per heavy atom. The lowest BCUT2D eigenvalue weighted by atomic mass is 9.91. The smallest absolute Gasteiger partial charge is 0.0412 e. The maximum absolute atomic E-state index is 6.31. The number of fused-ring (bicyclic) bond motifs is 16. The zero-order valence-electron chi connectivity index (χ0n) is 25.1. The first-order valence-corrected chi connectivity index (χ1v) is 17.1. The van der Waals surface area contributed by atoms with Crippen LogP contribution in [0.25, 0.3) is 86.2 Å². The maximum Gasteiger partial charge on any atom is 0.0412 e. The fraction of sp³-hybridized carbons (Fsp3) is 0. The maximum atomic E-state index is 6.31. The summed E-state index contributed by atoms with van der Waals surface area (Å²) in [5.74, 6) is 0. The van der Waals surface area contributed by atoms with Crippen molar-refractivity contribution < 1.29 is 0 Å². The van der Waals surface area contributed by atoms with E-state index in [9.17, 15) is 0 Å². The van der Waals surface area contributed by atoms with E-state index in [2.05, 4.69) is 155 Å². The van der Waals surface area contributed by atoms with Crippen molar-refractivity contribution in [3.8, 4) is 0 Å². The topological polar surface area (TPSA) is 0 Å². The molecule has 10 aromatic carbocycles. The molecular formula is C44H25BrCl2. The van der Waals surface area contributed by atoms with Crippen LogP contribution in [0.1, 0.15) is 0 Å². The number of hydrogen-bond donors (Lipinski definition) is 0. The summed E-state index contributed by atoms with van der Waals surface area (Å²) in [6.45, 7) is 0. The summed E-state index contributed by atoms with van der Waals surface area (Å²) < 4.78 is 1.13. The minimum Gasteiger partial charge on any atom is -0.0843 e. The third-order valence-corrected chi connectivity index (χ3v) is 10.6. The van der Waals surface area contributed by atoms with Gasteiger partial charge in [-0.05, 0) is 117 Å². The predicted molar refractivity (Wildman–Crippen MR) is 211 cm³/mol. The molecule has 0 bridgehead atoms. The van der Waals surface area contributed by atoms with Crippen LogP contribution < -0.4 is 0 Å². The van der Waals surface area contributed by atoms with Gasteiger partial charge in [0.15, 0.2) is 0 Å². The molecule has 0 aliphatic rings. The van der Waals surface area contributed by atoms with E-state index in [1.165, 1.54) is 86.2 Å². The standard InChI is InChI=1S/C22H12BrCl.C22H13Cl/c23-21-12-20-15-6-2-1-5-14(15)19-11-13(24)9-10-18(19)22(20)17-8-4-3-7-16(17)21;23-15-10-12-20-21(13-15)18-8-4-3-7-17(18)19-11-9-14-5-1-2-6-16(14)22(19)20/h1-12H;1-13H. The molecule has 3 heteroatoms. The first-order valence-electron chi connectivity index (χ1n) is 15.6. The molecule has 0 amide bonds. The summed E-state index contributed by atoms with van der Waals surface area (Å²) in [6, 6.07) is 53.4. The molecule has 0 saturated heterocycles. The average Bonchev–Trinajstić information content (AvgIpc) is 3.12. The van der Waals surface area contributed by atoms with Crippen molar-refractivity contribution in [1.82, 2.24) is 0 Å². The molecule has 0 aliphatic carbocycles. The fourth-order valence-corrected chi connectivity index (χ4v) is 8.36. The number of rotatable bonds is 0. The Morgan fingerprint density at radius 2 is 0.681 bits per heavy atom. The first kappa shape index (κ1) is 28.6. The molecule has 0 fully saturated rings. The molecule has 0 atom stereocenters. The lowest BCUT2D eigenvalue weighted by Crippen LogP contribution is -1.86. The summed E-state index contributed by atoms with van der Waals surface area (Å²) in [5, 5.41) is 21.8. The van der Waals surface area contributed by atoms with E-state index in [1.807, 2.05) is 12.1 Å². The van der Waals surface area contributed by atoms with Crippen LogP contribution in [-0.2, 0) is 0 Å². The van der Waals surface area contributed by atoms with Gasteiger partial charge in [0.05, 0.1) is 0 Å². The Bertz CT molecular complexity index is 2890. The van der Waals surface area contributed by atoms with Crippen LogP contribution in [0, 0.1) is 0 Å². The van der Waals surface area contributed by atoms with E-state index in [1.54, 1.807) is 0 Å². The van der Waals surface area contributed by atoms with Crippen LogP contribution in [-0.4, -0.2) is 0 Å². The van der Waals surface area contributed by atoms with Gasteiger partial charge in [0.2, 0.25) is 0 Å². The number of hydrogen-bond acceptors (Lipinski definition) is 0. The Labute approximate surface area is 289 Å².